The second-order valence-electron chi connectivity index (χ2n) is 7.06. The summed E-state index contributed by atoms with van der Waals surface area (Å²) in [6.07, 6.45) is 2.69. The number of piperidine rings is 1. The van der Waals surface area contributed by atoms with Crippen molar-refractivity contribution in [2.75, 3.05) is 20.6 Å². The summed E-state index contributed by atoms with van der Waals surface area (Å²) >= 11 is 0. The standard InChI is InChI=1S/C19H26N4O3/c1-20-16(24)11-21-19(26)17-14(10-13-8-9-15(17)23(13)2)22-18(25)12-6-4-3-5-7-12/h3-7,13-15,17H,8-11H2,1-2H3,(H,20,24)(H,21,26)(H,22,25)/t13?,14?,15?,17-/m0/s1. The normalized spacial score (nSPS) is 27.6. The number of fused-ring (bicyclic) bond motifs is 2. The molecule has 4 atom stereocenters. The van der Waals surface area contributed by atoms with E-state index in [1.165, 1.54) is 7.05 Å². The van der Waals surface area contributed by atoms with Crippen LogP contribution in [0.2, 0.25) is 0 Å². The molecule has 0 aromatic heterocycles. The average molecular weight is 358 g/mol. The average Bonchev–Trinajstić information content (AvgIpc) is 2.89. The molecule has 7 nitrogen and oxygen atoms in total. The van der Waals surface area contributed by atoms with Gasteiger partial charge in [0.25, 0.3) is 5.91 Å². The van der Waals surface area contributed by atoms with Crippen LogP contribution in [0.25, 0.3) is 0 Å². The van der Waals surface area contributed by atoms with E-state index in [-0.39, 0.29) is 42.3 Å². The number of hydrogen-bond donors (Lipinski definition) is 3. The van der Waals surface area contributed by atoms with Gasteiger partial charge in [0.2, 0.25) is 11.8 Å². The largest absolute Gasteiger partial charge is 0.358 e. The monoisotopic (exact) mass is 358 g/mol. The zero-order valence-electron chi connectivity index (χ0n) is 15.2. The number of likely N-dealkylation sites (N-methyl/N-ethyl adjacent to an activating group) is 1. The number of carbonyl (C=O) groups is 3. The lowest BCUT2D eigenvalue weighted by atomic mass is 9.84. The van der Waals surface area contributed by atoms with E-state index in [4.69, 9.17) is 0 Å². The number of nitrogens with one attached hydrogen (secondary N) is 3. The summed E-state index contributed by atoms with van der Waals surface area (Å²) in [5.74, 6) is -0.944. The van der Waals surface area contributed by atoms with Crippen molar-refractivity contribution in [3.05, 3.63) is 35.9 Å². The summed E-state index contributed by atoms with van der Waals surface area (Å²) in [5.41, 5.74) is 0.586. The van der Waals surface area contributed by atoms with E-state index in [0.29, 0.717) is 11.6 Å². The fraction of sp³-hybridized carbons (Fsp3) is 0.526. The molecular weight excluding hydrogens is 332 g/mol. The molecule has 2 bridgehead atoms. The molecule has 0 saturated carbocycles. The quantitative estimate of drug-likeness (QED) is 0.698. The van der Waals surface area contributed by atoms with Crippen molar-refractivity contribution >= 4 is 17.7 Å². The molecule has 2 saturated heterocycles. The smallest absolute Gasteiger partial charge is 0.251 e. The van der Waals surface area contributed by atoms with Crippen LogP contribution in [0.1, 0.15) is 29.6 Å². The highest BCUT2D eigenvalue weighted by Crippen LogP contribution is 2.38. The molecule has 2 aliphatic heterocycles. The first-order chi connectivity index (χ1) is 12.5. The summed E-state index contributed by atoms with van der Waals surface area (Å²) in [4.78, 5) is 39.1. The third-order valence-electron chi connectivity index (χ3n) is 5.63. The Morgan fingerprint density at radius 2 is 1.88 bits per heavy atom. The second kappa shape index (κ2) is 7.86. The van der Waals surface area contributed by atoms with Gasteiger partial charge in [-0.05, 0) is 38.4 Å². The Bertz CT molecular complexity index is 679. The van der Waals surface area contributed by atoms with Crippen LogP contribution in [-0.4, -0.2) is 61.4 Å². The second-order valence-corrected chi connectivity index (χ2v) is 7.06. The van der Waals surface area contributed by atoms with Crippen molar-refractivity contribution < 1.29 is 14.4 Å². The van der Waals surface area contributed by atoms with Crippen LogP contribution >= 0.6 is 0 Å². The van der Waals surface area contributed by atoms with E-state index in [1.54, 1.807) is 12.1 Å². The molecule has 2 fully saturated rings. The topological polar surface area (TPSA) is 90.5 Å². The van der Waals surface area contributed by atoms with Crippen LogP contribution in [0, 0.1) is 5.92 Å². The Labute approximate surface area is 153 Å². The van der Waals surface area contributed by atoms with Gasteiger partial charge in [0.1, 0.15) is 0 Å². The third-order valence-corrected chi connectivity index (χ3v) is 5.63. The minimum Gasteiger partial charge on any atom is -0.358 e. The van der Waals surface area contributed by atoms with Crippen molar-refractivity contribution in [3.63, 3.8) is 0 Å². The highest BCUT2D eigenvalue weighted by Gasteiger charge is 2.49. The molecule has 2 aliphatic rings. The SMILES string of the molecule is CNC(=O)CNC(=O)[C@H]1C(NC(=O)c2ccccc2)CC2CCC1N2C. The minimum absolute atomic E-state index is 0.0505. The van der Waals surface area contributed by atoms with Crippen molar-refractivity contribution in [2.24, 2.45) is 5.92 Å². The lowest BCUT2D eigenvalue weighted by molar-refractivity contribution is -0.131. The van der Waals surface area contributed by atoms with Gasteiger partial charge in [-0.3, -0.25) is 19.3 Å². The van der Waals surface area contributed by atoms with Crippen LogP contribution in [0.4, 0.5) is 0 Å². The van der Waals surface area contributed by atoms with Crippen molar-refractivity contribution in [2.45, 2.75) is 37.4 Å². The van der Waals surface area contributed by atoms with Gasteiger partial charge in [0, 0.05) is 30.7 Å². The van der Waals surface area contributed by atoms with Crippen LogP contribution in [0.3, 0.4) is 0 Å². The molecule has 3 rings (SSSR count). The van der Waals surface area contributed by atoms with Gasteiger partial charge in [-0.2, -0.15) is 0 Å². The maximum Gasteiger partial charge on any atom is 0.251 e. The zero-order valence-corrected chi connectivity index (χ0v) is 15.2. The van der Waals surface area contributed by atoms with Gasteiger partial charge in [0.05, 0.1) is 12.5 Å². The van der Waals surface area contributed by atoms with Crippen molar-refractivity contribution in [3.8, 4) is 0 Å². The first-order valence-corrected chi connectivity index (χ1v) is 9.07. The van der Waals surface area contributed by atoms with Gasteiger partial charge < -0.3 is 16.0 Å². The number of nitrogens with zero attached hydrogens (tertiary/aromatic N) is 1. The molecule has 3 unspecified atom stereocenters. The Morgan fingerprint density at radius 3 is 2.58 bits per heavy atom. The number of hydrogen-bond acceptors (Lipinski definition) is 4. The summed E-state index contributed by atoms with van der Waals surface area (Å²) < 4.78 is 0. The Morgan fingerprint density at radius 1 is 1.15 bits per heavy atom. The molecule has 3 N–H and O–H groups in total. The first-order valence-electron chi connectivity index (χ1n) is 9.07. The molecule has 1 aromatic rings. The molecule has 26 heavy (non-hydrogen) atoms. The first kappa shape index (κ1) is 18.4. The summed E-state index contributed by atoms with van der Waals surface area (Å²) in [6.45, 7) is -0.0505. The van der Waals surface area contributed by atoms with Crippen LogP contribution in [0.5, 0.6) is 0 Å². The summed E-state index contributed by atoms with van der Waals surface area (Å²) in [6, 6.07) is 9.26. The lowest BCUT2D eigenvalue weighted by Crippen LogP contribution is -2.60. The predicted octanol–water partition coefficient (Wildman–Crippen LogP) is 0.130. The predicted molar refractivity (Wildman–Crippen MR) is 97.5 cm³/mol. The number of carbonyl (C=O) groups excluding carboxylic acids is 3. The number of rotatable bonds is 5. The molecular formula is C19H26N4O3. The molecule has 0 radical (unpaired) electrons. The Kier molecular flexibility index (Phi) is 5.56. The number of benzene rings is 1. The molecule has 2 heterocycles. The van der Waals surface area contributed by atoms with Crippen LogP contribution < -0.4 is 16.0 Å². The number of amides is 3. The van der Waals surface area contributed by atoms with E-state index in [0.717, 1.165) is 19.3 Å². The molecule has 140 valence electrons. The van der Waals surface area contributed by atoms with E-state index >= 15 is 0 Å². The fourth-order valence-electron chi connectivity index (χ4n) is 4.19. The highest BCUT2D eigenvalue weighted by atomic mass is 16.2. The van der Waals surface area contributed by atoms with E-state index in [2.05, 4.69) is 20.9 Å². The molecule has 0 aliphatic carbocycles. The zero-order chi connectivity index (χ0) is 18.7. The van der Waals surface area contributed by atoms with Crippen LogP contribution in [0.15, 0.2) is 30.3 Å². The fourth-order valence-corrected chi connectivity index (χ4v) is 4.19. The lowest BCUT2D eigenvalue weighted by Gasteiger charge is -2.42. The Balaban J connectivity index is 1.74. The maximum absolute atomic E-state index is 12.8. The van der Waals surface area contributed by atoms with E-state index in [9.17, 15) is 14.4 Å². The highest BCUT2D eigenvalue weighted by molar-refractivity contribution is 5.95. The van der Waals surface area contributed by atoms with E-state index < -0.39 is 0 Å². The molecule has 7 heteroatoms. The molecule has 1 aromatic carbocycles. The van der Waals surface area contributed by atoms with Crippen LogP contribution in [-0.2, 0) is 9.59 Å². The molecule has 0 spiro atoms. The third kappa shape index (κ3) is 3.72. The van der Waals surface area contributed by atoms with Crippen molar-refractivity contribution in [1.29, 1.82) is 0 Å². The van der Waals surface area contributed by atoms with Gasteiger partial charge in [-0.25, -0.2) is 0 Å². The molecule has 3 amide bonds. The summed E-state index contributed by atoms with van der Waals surface area (Å²) in [5, 5.41) is 8.28. The van der Waals surface area contributed by atoms with Gasteiger partial charge in [0.15, 0.2) is 0 Å². The van der Waals surface area contributed by atoms with Gasteiger partial charge in [-0.1, -0.05) is 18.2 Å². The summed E-state index contributed by atoms with van der Waals surface area (Å²) in [7, 11) is 3.57. The Hall–Kier alpha value is -2.41. The van der Waals surface area contributed by atoms with Gasteiger partial charge in [-0.15, -0.1) is 0 Å². The van der Waals surface area contributed by atoms with E-state index in [1.807, 2.05) is 25.2 Å². The van der Waals surface area contributed by atoms with Crippen molar-refractivity contribution in [1.82, 2.24) is 20.9 Å². The van der Waals surface area contributed by atoms with Gasteiger partial charge >= 0.3 is 0 Å². The maximum atomic E-state index is 12.8. The minimum atomic E-state index is -0.365.